The summed E-state index contributed by atoms with van der Waals surface area (Å²) in [6.07, 6.45) is 1.86. The Kier molecular flexibility index (Phi) is 5.70. The summed E-state index contributed by atoms with van der Waals surface area (Å²) in [6.45, 7) is 2.88. The maximum absolute atomic E-state index is 11.6. The Morgan fingerprint density at radius 2 is 2.18 bits per heavy atom. The molecule has 0 radical (unpaired) electrons. The summed E-state index contributed by atoms with van der Waals surface area (Å²) in [6, 6.07) is 8.34. The highest BCUT2D eigenvalue weighted by Crippen LogP contribution is 2.06. The third-order valence-corrected chi connectivity index (χ3v) is 2.79. The van der Waals surface area contributed by atoms with Crippen molar-refractivity contribution < 1.29 is 9.90 Å². The SMILES string of the molecule is Cc1cccc(CCN(C)C(=O)CCCO)c1. The molecule has 1 aromatic rings. The van der Waals surface area contributed by atoms with Crippen LogP contribution in [0.4, 0.5) is 0 Å². The van der Waals surface area contributed by atoms with Gasteiger partial charge >= 0.3 is 0 Å². The number of carbonyl (C=O) groups is 1. The van der Waals surface area contributed by atoms with E-state index in [0.29, 0.717) is 12.8 Å². The summed E-state index contributed by atoms with van der Waals surface area (Å²) in [5.41, 5.74) is 2.50. The molecule has 0 atom stereocenters. The Bertz CT molecular complexity index is 363. The zero-order chi connectivity index (χ0) is 12.7. The fourth-order valence-corrected chi connectivity index (χ4v) is 1.71. The van der Waals surface area contributed by atoms with Gasteiger partial charge in [-0.25, -0.2) is 0 Å². The summed E-state index contributed by atoms with van der Waals surface area (Å²) < 4.78 is 0. The molecule has 1 N–H and O–H groups in total. The lowest BCUT2D eigenvalue weighted by atomic mass is 10.1. The molecular weight excluding hydrogens is 214 g/mol. The van der Waals surface area contributed by atoms with Crippen LogP contribution in [0.5, 0.6) is 0 Å². The first kappa shape index (κ1) is 13.7. The van der Waals surface area contributed by atoms with Crippen LogP contribution in [0.2, 0.25) is 0 Å². The summed E-state index contributed by atoms with van der Waals surface area (Å²) >= 11 is 0. The molecule has 1 rings (SSSR count). The number of likely N-dealkylation sites (N-methyl/N-ethyl adjacent to an activating group) is 1. The number of amides is 1. The van der Waals surface area contributed by atoms with Crippen molar-refractivity contribution in [2.24, 2.45) is 0 Å². The van der Waals surface area contributed by atoms with Crippen molar-refractivity contribution in [2.45, 2.75) is 26.2 Å². The standard InChI is InChI=1S/C14H21NO2/c1-12-5-3-6-13(11-12)8-9-15(2)14(17)7-4-10-16/h3,5-6,11,16H,4,7-10H2,1-2H3. The largest absolute Gasteiger partial charge is 0.396 e. The molecule has 0 aliphatic rings. The van der Waals surface area contributed by atoms with Gasteiger partial charge < -0.3 is 10.0 Å². The maximum atomic E-state index is 11.6. The zero-order valence-corrected chi connectivity index (χ0v) is 10.6. The average Bonchev–Trinajstić information content (AvgIpc) is 2.33. The number of hydrogen-bond donors (Lipinski definition) is 1. The molecule has 0 saturated heterocycles. The van der Waals surface area contributed by atoms with Crippen molar-refractivity contribution in [3.8, 4) is 0 Å². The molecule has 3 heteroatoms. The Balaban J connectivity index is 2.37. The van der Waals surface area contributed by atoms with E-state index in [1.54, 1.807) is 4.90 Å². The third kappa shape index (κ3) is 5.00. The number of carbonyl (C=O) groups excluding carboxylic acids is 1. The van der Waals surface area contributed by atoms with Crippen LogP contribution in [-0.2, 0) is 11.2 Å². The van der Waals surface area contributed by atoms with Gasteiger partial charge in [-0.3, -0.25) is 4.79 Å². The van der Waals surface area contributed by atoms with Crippen LogP contribution in [0.3, 0.4) is 0 Å². The van der Waals surface area contributed by atoms with E-state index in [1.165, 1.54) is 11.1 Å². The molecule has 0 bridgehead atoms. The molecule has 0 spiro atoms. The van der Waals surface area contributed by atoms with Gasteiger partial charge in [0.15, 0.2) is 0 Å². The highest BCUT2D eigenvalue weighted by Gasteiger charge is 2.07. The second kappa shape index (κ2) is 7.07. The fraction of sp³-hybridized carbons (Fsp3) is 0.500. The van der Waals surface area contributed by atoms with Crippen molar-refractivity contribution in [3.05, 3.63) is 35.4 Å². The number of hydrogen-bond acceptors (Lipinski definition) is 2. The van der Waals surface area contributed by atoms with Crippen molar-refractivity contribution >= 4 is 5.91 Å². The molecule has 17 heavy (non-hydrogen) atoms. The first-order valence-corrected chi connectivity index (χ1v) is 6.04. The summed E-state index contributed by atoms with van der Waals surface area (Å²) in [5.74, 6) is 0.103. The first-order chi connectivity index (χ1) is 8.13. The van der Waals surface area contributed by atoms with Gasteiger partial charge in [0.2, 0.25) is 5.91 Å². The van der Waals surface area contributed by atoms with Gasteiger partial charge in [-0.2, -0.15) is 0 Å². The predicted octanol–water partition coefficient (Wildman–Crippen LogP) is 1.77. The lowest BCUT2D eigenvalue weighted by Gasteiger charge is -2.17. The second-order valence-corrected chi connectivity index (χ2v) is 4.38. The topological polar surface area (TPSA) is 40.5 Å². The summed E-state index contributed by atoms with van der Waals surface area (Å²) in [5, 5.41) is 8.66. The van der Waals surface area contributed by atoms with Gasteiger partial charge in [0.05, 0.1) is 0 Å². The minimum Gasteiger partial charge on any atom is -0.396 e. The van der Waals surface area contributed by atoms with Gasteiger partial charge in [0.25, 0.3) is 0 Å². The van der Waals surface area contributed by atoms with Crippen LogP contribution >= 0.6 is 0 Å². The molecule has 0 fully saturated rings. The molecule has 1 amide bonds. The summed E-state index contributed by atoms with van der Waals surface area (Å²) in [7, 11) is 1.81. The number of rotatable bonds is 6. The normalized spacial score (nSPS) is 10.3. The van der Waals surface area contributed by atoms with Gasteiger partial charge in [0.1, 0.15) is 0 Å². The quantitative estimate of drug-likeness (QED) is 0.816. The Labute approximate surface area is 103 Å². The molecule has 3 nitrogen and oxygen atoms in total. The van der Waals surface area contributed by atoms with E-state index in [-0.39, 0.29) is 12.5 Å². The van der Waals surface area contributed by atoms with E-state index in [0.717, 1.165) is 13.0 Å². The van der Waals surface area contributed by atoms with Crippen LogP contribution < -0.4 is 0 Å². The van der Waals surface area contributed by atoms with Crippen molar-refractivity contribution in [3.63, 3.8) is 0 Å². The van der Waals surface area contributed by atoms with E-state index in [4.69, 9.17) is 5.11 Å². The van der Waals surface area contributed by atoms with Crippen molar-refractivity contribution in [1.82, 2.24) is 4.90 Å². The molecule has 0 aliphatic carbocycles. The Hall–Kier alpha value is -1.35. The molecule has 0 heterocycles. The number of aliphatic hydroxyl groups excluding tert-OH is 1. The van der Waals surface area contributed by atoms with Crippen molar-refractivity contribution in [2.75, 3.05) is 20.2 Å². The third-order valence-electron chi connectivity index (χ3n) is 2.79. The van der Waals surface area contributed by atoms with Crippen LogP contribution in [0, 0.1) is 6.92 Å². The van der Waals surface area contributed by atoms with Gasteiger partial charge in [0, 0.05) is 26.6 Å². The molecule has 0 saturated carbocycles. The number of benzene rings is 1. The lowest BCUT2D eigenvalue weighted by Crippen LogP contribution is -2.28. The average molecular weight is 235 g/mol. The van der Waals surface area contributed by atoms with Crippen LogP contribution in [-0.4, -0.2) is 36.1 Å². The second-order valence-electron chi connectivity index (χ2n) is 4.38. The highest BCUT2D eigenvalue weighted by molar-refractivity contribution is 5.75. The lowest BCUT2D eigenvalue weighted by molar-refractivity contribution is -0.130. The van der Waals surface area contributed by atoms with Crippen LogP contribution in [0.25, 0.3) is 0 Å². The number of aliphatic hydroxyl groups is 1. The predicted molar refractivity (Wildman–Crippen MR) is 68.8 cm³/mol. The number of nitrogens with zero attached hydrogens (tertiary/aromatic N) is 1. The minimum atomic E-state index is 0.0808. The minimum absolute atomic E-state index is 0.0808. The van der Waals surface area contributed by atoms with Crippen LogP contribution in [0.1, 0.15) is 24.0 Å². The smallest absolute Gasteiger partial charge is 0.222 e. The molecule has 1 aromatic carbocycles. The van der Waals surface area contributed by atoms with E-state index < -0.39 is 0 Å². The summed E-state index contributed by atoms with van der Waals surface area (Å²) in [4.78, 5) is 13.3. The number of aryl methyl sites for hydroxylation is 1. The Morgan fingerprint density at radius 1 is 1.41 bits per heavy atom. The molecule has 0 unspecified atom stereocenters. The van der Waals surface area contributed by atoms with E-state index >= 15 is 0 Å². The van der Waals surface area contributed by atoms with Gasteiger partial charge in [-0.15, -0.1) is 0 Å². The van der Waals surface area contributed by atoms with Crippen molar-refractivity contribution in [1.29, 1.82) is 0 Å². The maximum Gasteiger partial charge on any atom is 0.222 e. The van der Waals surface area contributed by atoms with E-state index in [1.807, 2.05) is 13.1 Å². The fourth-order valence-electron chi connectivity index (χ4n) is 1.71. The Morgan fingerprint density at radius 3 is 2.82 bits per heavy atom. The van der Waals surface area contributed by atoms with E-state index in [2.05, 4.69) is 25.1 Å². The molecule has 94 valence electrons. The van der Waals surface area contributed by atoms with E-state index in [9.17, 15) is 4.79 Å². The highest BCUT2D eigenvalue weighted by atomic mass is 16.3. The van der Waals surface area contributed by atoms with Gasteiger partial charge in [-0.1, -0.05) is 29.8 Å². The first-order valence-electron chi connectivity index (χ1n) is 6.04. The molecule has 0 aromatic heterocycles. The van der Waals surface area contributed by atoms with Crippen LogP contribution in [0.15, 0.2) is 24.3 Å². The molecule has 0 aliphatic heterocycles. The zero-order valence-electron chi connectivity index (χ0n) is 10.6. The molecular formula is C14H21NO2. The monoisotopic (exact) mass is 235 g/mol. The van der Waals surface area contributed by atoms with Gasteiger partial charge in [-0.05, 0) is 25.3 Å².